The number of aromatic nitrogens is 2. The summed E-state index contributed by atoms with van der Waals surface area (Å²) < 4.78 is 7.15. The summed E-state index contributed by atoms with van der Waals surface area (Å²) in [6.45, 7) is 0.586. The molecule has 1 aliphatic rings. The molecule has 0 aliphatic heterocycles. The third-order valence-electron chi connectivity index (χ3n) is 3.89. The Kier molecular flexibility index (Phi) is 2.60. The first-order valence-corrected chi connectivity index (χ1v) is 6.97. The monoisotopic (exact) mass is 282 g/mol. The van der Waals surface area contributed by atoms with Crippen LogP contribution in [0.15, 0.2) is 41.2 Å². The van der Waals surface area contributed by atoms with Gasteiger partial charge in [0.2, 0.25) is 0 Å². The second kappa shape index (κ2) is 4.48. The van der Waals surface area contributed by atoms with Crippen LogP contribution in [0, 0.1) is 0 Å². The quantitative estimate of drug-likeness (QED) is 0.797. The van der Waals surface area contributed by atoms with E-state index < -0.39 is 5.97 Å². The third-order valence-corrected chi connectivity index (χ3v) is 3.89. The molecule has 0 spiro atoms. The van der Waals surface area contributed by atoms with Crippen molar-refractivity contribution < 1.29 is 14.3 Å². The lowest BCUT2D eigenvalue weighted by Crippen LogP contribution is -2.07. The molecule has 2 heterocycles. The van der Waals surface area contributed by atoms with Crippen molar-refractivity contribution in [1.29, 1.82) is 0 Å². The first-order chi connectivity index (χ1) is 10.2. The Morgan fingerprint density at radius 2 is 2.24 bits per heavy atom. The molecule has 4 rings (SSSR count). The maximum Gasteiger partial charge on any atom is 0.337 e. The van der Waals surface area contributed by atoms with Crippen LogP contribution in [0.2, 0.25) is 0 Å². The van der Waals surface area contributed by atoms with E-state index in [1.165, 1.54) is 0 Å². The molecule has 5 nitrogen and oxygen atoms in total. The molecular formula is C16H14N2O3. The molecule has 1 N–H and O–H groups in total. The number of rotatable bonds is 4. The van der Waals surface area contributed by atoms with Crippen molar-refractivity contribution >= 4 is 17.0 Å². The fraction of sp³-hybridized carbons (Fsp3) is 0.250. The van der Waals surface area contributed by atoms with E-state index in [1.54, 1.807) is 24.7 Å². The zero-order chi connectivity index (χ0) is 14.4. The Balaban J connectivity index is 1.95. The van der Waals surface area contributed by atoms with Crippen molar-refractivity contribution in [3.63, 3.8) is 0 Å². The molecule has 0 saturated heterocycles. The molecule has 21 heavy (non-hydrogen) atoms. The topological polar surface area (TPSA) is 68.3 Å². The van der Waals surface area contributed by atoms with Gasteiger partial charge >= 0.3 is 5.97 Å². The first kappa shape index (κ1) is 12.2. The Bertz CT molecular complexity index is 814. The van der Waals surface area contributed by atoms with Crippen molar-refractivity contribution in [1.82, 2.24) is 9.55 Å². The molecule has 2 aromatic heterocycles. The third kappa shape index (κ3) is 2.01. The fourth-order valence-corrected chi connectivity index (χ4v) is 2.75. The van der Waals surface area contributed by atoms with Crippen LogP contribution in [0.4, 0.5) is 0 Å². The molecule has 0 amide bonds. The van der Waals surface area contributed by atoms with E-state index >= 15 is 0 Å². The largest absolute Gasteiger partial charge is 0.478 e. The van der Waals surface area contributed by atoms with Gasteiger partial charge in [-0.1, -0.05) is 6.07 Å². The van der Waals surface area contributed by atoms with E-state index in [-0.39, 0.29) is 0 Å². The molecular weight excluding hydrogens is 268 g/mol. The summed E-state index contributed by atoms with van der Waals surface area (Å²) in [5.74, 6) is 0.516. The van der Waals surface area contributed by atoms with Crippen LogP contribution in [-0.4, -0.2) is 20.6 Å². The normalized spacial score (nSPS) is 14.7. The van der Waals surface area contributed by atoms with Gasteiger partial charge in [0.15, 0.2) is 0 Å². The Morgan fingerprint density at radius 1 is 1.38 bits per heavy atom. The van der Waals surface area contributed by atoms with Crippen LogP contribution in [0.3, 0.4) is 0 Å². The highest BCUT2D eigenvalue weighted by Crippen LogP contribution is 2.41. The van der Waals surface area contributed by atoms with Crippen molar-refractivity contribution in [2.75, 3.05) is 0 Å². The molecule has 106 valence electrons. The molecule has 0 atom stereocenters. The van der Waals surface area contributed by atoms with Crippen molar-refractivity contribution in [3.8, 4) is 0 Å². The maximum absolute atomic E-state index is 11.5. The minimum Gasteiger partial charge on any atom is -0.478 e. The molecule has 1 fully saturated rings. The van der Waals surface area contributed by atoms with Gasteiger partial charge in [0.05, 0.1) is 35.7 Å². The second-order valence-corrected chi connectivity index (χ2v) is 5.44. The number of nitrogens with zero attached hydrogens (tertiary/aromatic N) is 2. The van der Waals surface area contributed by atoms with Crippen LogP contribution < -0.4 is 0 Å². The van der Waals surface area contributed by atoms with Crippen LogP contribution >= 0.6 is 0 Å². The van der Waals surface area contributed by atoms with Gasteiger partial charge in [0.25, 0.3) is 0 Å². The number of aromatic carboxylic acids is 1. The van der Waals surface area contributed by atoms with Crippen molar-refractivity contribution in [2.45, 2.75) is 25.3 Å². The summed E-state index contributed by atoms with van der Waals surface area (Å²) in [5, 5.41) is 9.44. The van der Waals surface area contributed by atoms with Gasteiger partial charge in [-0.3, -0.25) is 0 Å². The van der Waals surface area contributed by atoms with Gasteiger partial charge in [-0.2, -0.15) is 0 Å². The van der Waals surface area contributed by atoms with E-state index in [0.717, 1.165) is 29.7 Å². The minimum absolute atomic E-state index is 0.301. The second-order valence-electron chi connectivity index (χ2n) is 5.44. The number of hydrogen-bond donors (Lipinski definition) is 1. The van der Waals surface area contributed by atoms with E-state index in [4.69, 9.17) is 4.42 Å². The zero-order valence-corrected chi connectivity index (χ0v) is 11.3. The average molecular weight is 282 g/mol. The molecule has 0 radical (unpaired) electrons. The standard InChI is InChI=1S/C16H14N2O3/c19-16(20)12-2-1-3-13-14(12)18(8-10-6-7-21-9-10)15(17-13)11-4-5-11/h1-3,6-7,9,11H,4-5,8H2,(H,19,20). The smallest absolute Gasteiger partial charge is 0.337 e. The average Bonchev–Trinajstić information content (AvgIpc) is 3.07. The van der Waals surface area contributed by atoms with E-state index in [0.29, 0.717) is 23.5 Å². The van der Waals surface area contributed by atoms with Gasteiger partial charge in [-0.15, -0.1) is 0 Å². The lowest BCUT2D eigenvalue weighted by molar-refractivity contribution is 0.0698. The van der Waals surface area contributed by atoms with E-state index in [2.05, 4.69) is 4.98 Å². The minimum atomic E-state index is -0.920. The molecule has 3 aromatic rings. The molecule has 5 heteroatoms. The molecule has 0 bridgehead atoms. The van der Waals surface area contributed by atoms with Crippen LogP contribution in [0.5, 0.6) is 0 Å². The molecule has 1 saturated carbocycles. The van der Waals surface area contributed by atoms with Gasteiger partial charge in [-0.25, -0.2) is 9.78 Å². The Hall–Kier alpha value is -2.56. The number of furan rings is 1. The van der Waals surface area contributed by atoms with E-state index in [9.17, 15) is 9.90 Å². The van der Waals surface area contributed by atoms with Gasteiger partial charge in [-0.05, 0) is 31.0 Å². The van der Waals surface area contributed by atoms with Crippen LogP contribution in [0.1, 0.15) is 40.5 Å². The summed E-state index contributed by atoms with van der Waals surface area (Å²) in [6, 6.07) is 7.15. The maximum atomic E-state index is 11.5. The lowest BCUT2D eigenvalue weighted by Gasteiger charge is -2.08. The van der Waals surface area contributed by atoms with Crippen LogP contribution in [0.25, 0.3) is 11.0 Å². The number of para-hydroxylation sites is 1. The number of carboxylic acid groups (broad SMARTS) is 1. The summed E-state index contributed by atoms with van der Waals surface area (Å²) in [7, 11) is 0. The van der Waals surface area contributed by atoms with Crippen LogP contribution in [-0.2, 0) is 6.54 Å². The summed E-state index contributed by atoms with van der Waals surface area (Å²) in [6.07, 6.45) is 5.56. The fourth-order valence-electron chi connectivity index (χ4n) is 2.75. The van der Waals surface area contributed by atoms with Gasteiger partial charge < -0.3 is 14.1 Å². The number of carbonyl (C=O) groups is 1. The van der Waals surface area contributed by atoms with Crippen molar-refractivity contribution in [3.05, 3.63) is 53.7 Å². The zero-order valence-electron chi connectivity index (χ0n) is 11.3. The Labute approximate surface area is 120 Å². The predicted molar refractivity (Wildman–Crippen MR) is 76.5 cm³/mol. The van der Waals surface area contributed by atoms with Crippen molar-refractivity contribution in [2.24, 2.45) is 0 Å². The summed E-state index contributed by atoms with van der Waals surface area (Å²) in [5.41, 5.74) is 2.76. The molecule has 1 aromatic carbocycles. The van der Waals surface area contributed by atoms with E-state index in [1.807, 2.05) is 16.7 Å². The number of hydrogen-bond acceptors (Lipinski definition) is 3. The first-order valence-electron chi connectivity index (χ1n) is 6.97. The molecule has 1 aliphatic carbocycles. The molecule has 0 unspecified atom stereocenters. The van der Waals surface area contributed by atoms with Gasteiger partial charge in [0.1, 0.15) is 5.82 Å². The lowest BCUT2D eigenvalue weighted by atomic mass is 10.2. The van der Waals surface area contributed by atoms with Gasteiger partial charge in [0, 0.05) is 11.5 Å². The highest BCUT2D eigenvalue weighted by Gasteiger charge is 2.30. The SMILES string of the molecule is O=C(O)c1cccc2nc(C3CC3)n(Cc3ccoc3)c12. The predicted octanol–water partition coefficient (Wildman–Crippen LogP) is 3.25. The highest BCUT2D eigenvalue weighted by atomic mass is 16.4. The number of benzene rings is 1. The number of carboxylic acids is 1. The number of imidazole rings is 1. The Morgan fingerprint density at radius 3 is 2.90 bits per heavy atom. The summed E-state index contributed by atoms with van der Waals surface area (Å²) in [4.78, 5) is 16.2. The highest BCUT2D eigenvalue weighted by molar-refractivity contribution is 6.01. The summed E-state index contributed by atoms with van der Waals surface area (Å²) >= 11 is 0. The number of fused-ring (bicyclic) bond motifs is 1.